The summed E-state index contributed by atoms with van der Waals surface area (Å²) in [6.07, 6.45) is 0. The minimum atomic E-state index is 0.604. The van der Waals surface area contributed by atoms with Crippen LogP contribution in [0.4, 0.5) is 0 Å². The Hall–Kier alpha value is -7.29. The van der Waals surface area contributed by atoms with Crippen LogP contribution in [-0.2, 0) is 0 Å². The highest BCUT2D eigenvalue weighted by Gasteiger charge is 2.20. The summed E-state index contributed by atoms with van der Waals surface area (Å²) in [5.74, 6) is 0.654. The normalized spacial score (nSPS) is 11.4. The molecular weight excluding hydrogens is 637 g/mol. The van der Waals surface area contributed by atoms with Crippen LogP contribution in [0.15, 0.2) is 174 Å². The summed E-state index contributed by atoms with van der Waals surface area (Å²) < 4.78 is 8.31. The van der Waals surface area contributed by atoms with Gasteiger partial charge in [0, 0.05) is 43.8 Å². The molecule has 0 N–H and O–H groups in total. The Bertz CT molecular complexity index is 2970. The van der Waals surface area contributed by atoms with Crippen molar-refractivity contribution in [1.82, 2.24) is 14.5 Å². The zero-order valence-corrected chi connectivity index (χ0v) is 27.9. The van der Waals surface area contributed by atoms with Crippen LogP contribution in [0.2, 0.25) is 0 Å². The third-order valence-electron chi connectivity index (χ3n) is 9.88. The number of para-hydroxylation sites is 2. The smallest absolute Gasteiger partial charge is 0.160 e. The van der Waals surface area contributed by atoms with Gasteiger partial charge in [0.25, 0.3) is 0 Å². The molecule has 3 heterocycles. The van der Waals surface area contributed by atoms with Crippen LogP contribution in [0.3, 0.4) is 0 Å². The van der Waals surface area contributed by atoms with Crippen molar-refractivity contribution in [2.45, 2.75) is 0 Å². The topological polar surface area (TPSA) is 67.6 Å². The number of benzene rings is 7. The molecule has 0 aliphatic carbocycles. The molecule has 10 aromatic rings. The lowest BCUT2D eigenvalue weighted by Gasteiger charge is -2.14. The van der Waals surface area contributed by atoms with Gasteiger partial charge in [-0.2, -0.15) is 5.26 Å². The molecular formula is C47H28N4O. The van der Waals surface area contributed by atoms with Gasteiger partial charge in [0.15, 0.2) is 5.82 Å². The summed E-state index contributed by atoms with van der Waals surface area (Å²) in [4.78, 5) is 10.2. The van der Waals surface area contributed by atoms with Gasteiger partial charge in [0.05, 0.1) is 33.7 Å². The van der Waals surface area contributed by atoms with Crippen molar-refractivity contribution >= 4 is 43.7 Å². The lowest BCUT2D eigenvalue weighted by molar-refractivity contribution is 0.669. The van der Waals surface area contributed by atoms with Gasteiger partial charge in [-0.3, -0.25) is 0 Å². The zero-order valence-electron chi connectivity index (χ0n) is 27.9. The van der Waals surface area contributed by atoms with Gasteiger partial charge in [0.1, 0.15) is 17.2 Å². The molecule has 5 heteroatoms. The maximum Gasteiger partial charge on any atom is 0.160 e. The van der Waals surface area contributed by atoms with Gasteiger partial charge >= 0.3 is 0 Å². The minimum absolute atomic E-state index is 0.604. The Morgan fingerprint density at radius 3 is 1.83 bits per heavy atom. The van der Waals surface area contributed by atoms with Crippen LogP contribution in [0.5, 0.6) is 0 Å². The van der Waals surface area contributed by atoms with E-state index in [4.69, 9.17) is 14.4 Å². The Labute approximate surface area is 299 Å². The zero-order chi connectivity index (χ0) is 34.6. The van der Waals surface area contributed by atoms with Crippen LogP contribution in [-0.4, -0.2) is 14.5 Å². The van der Waals surface area contributed by atoms with Gasteiger partial charge in [-0.1, -0.05) is 115 Å². The molecule has 0 amide bonds. The number of rotatable bonds is 5. The molecule has 0 radical (unpaired) electrons. The maximum atomic E-state index is 10.8. The molecule has 0 atom stereocenters. The van der Waals surface area contributed by atoms with Crippen molar-refractivity contribution in [3.63, 3.8) is 0 Å². The standard InChI is InChI=1S/C47H28N4O/c48-29-39-34(32-23-25-46-38(26-32)36-17-8-10-21-45(36)52-46)18-11-20-43(39)51-42-19-9-7-16-35(42)37-27-33(22-24-44(37)51)47-49-40(30-12-3-1-4-13-30)28-41(50-47)31-14-5-2-6-15-31/h1-28H. The Morgan fingerprint density at radius 2 is 1.08 bits per heavy atom. The van der Waals surface area contributed by atoms with Crippen molar-refractivity contribution in [1.29, 1.82) is 5.26 Å². The summed E-state index contributed by atoms with van der Waals surface area (Å²) in [6.45, 7) is 0. The van der Waals surface area contributed by atoms with Gasteiger partial charge in [-0.15, -0.1) is 0 Å². The first-order valence-corrected chi connectivity index (χ1v) is 17.2. The second-order valence-electron chi connectivity index (χ2n) is 12.9. The fraction of sp³-hybridized carbons (Fsp3) is 0. The molecule has 242 valence electrons. The number of nitriles is 1. The third-order valence-corrected chi connectivity index (χ3v) is 9.88. The molecule has 0 fully saturated rings. The van der Waals surface area contributed by atoms with Crippen molar-refractivity contribution in [3.8, 4) is 56.8 Å². The minimum Gasteiger partial charge on any atom is -0.456 e. The number of hydrogen-bond acceptors (Lipinski definition) is 4. The fourth-order valence-electron chi connectivity index (χ4n) is 7.44. The Kier molecular flexibility index (Phi) is 6.80. The molecule has 0 saturated heterocycles. The summed E-state index contributed by atoms with van der Waals surface area (Å²) in [5, 5.41) is 15.0. The molecule has 52 heavy (non-hydrogen) atoms. The van der Waals surface area contributed by atoms with E-state index in [2.05, 4.69) is 89.5 Å². The average Bonchev–Trinajstić information content (AvgIpc) is 3.76. The molecule has 5 nitrogen and oxygen atoms in total. The van der Waals surface area contributed by atoms with Crippen molar-refractivity contribution in [3.05, 3.63) is 175 Å². The van der Waals surface area contributed by atoms with Crippen LogP contribution < -0.4 is 0 Å². The van der Waals surface area contributed by atoms with Crippen LogP contribution in [0.1, 0.15) is 5.56 Å². The molecule has 0 saturated carbocycles. The molecule has 0 unspecified atom stereocenters. The fourth-order valence-corrected chi connectivity index (χ4v) is 7.44. The van der Waals surface area contributed by atoms with E-state index in [1.54, 1.807) is 0 Å². The summed E-state index contributed by atoms with van der Waals surface area (Å²) >= 11 is 0. The summed E-state index contributed by atoms with van der Waals surface area (Å²) in [7, 11) is 0. The molecule has 7 aromatic carbocycles. The third kappa shape index (κ3) is 4.78. The predicted octanol–water partition coefficient (Wildman–Crippen LogP) is 12.0. The van der Waals surface area contributed by atoms with E-state index in [9.17, 15) is 5.26 Å². The largest absolute Gasteiger partial charge is 0.456 e. The first kappa shape index (κ1) is 29.6. The molecule has 0 bridgehead atoms. The van der Waals surface area contributed by atoms with Crippen molar-refractivity contribution < 1.29 is 4.42 Å². The van der Waals surface area contributed by atoms with Gasteiger partial charge < -0.3 is 8.98 Å². The second kappa shape index (κ2) is 11.9. The van der Waals surface area contributed by atoms with E-state index in [-0.39, 0.29) is 0 Å². The van der Waals surface area contributed by atoms with Gasteiger partial charge in [0.2, 0.25) is 0 Å². The Balaban J connectivity index is 1.16. The highest BCUT2D eigenvalue weighted by Crippen LogP contribution is 2.39. The number of aromatic nitrogens is 3. The summed E-state index contributed by atoms with van der Waals surface area (Å²) in [6, 6.07) is 60.2. The SMILES string of the molecule is N#Cc1c(-c2ccc3oc4ccccc4c3c2)cccc1-n1c2ccccc2c2cc(-c3nc(-c4ccccc4)cc(-c4ccccc4)n3)ccc21. The maximum absolute atomic E-state index is 10.8. The predicted molar refractivity (Wildman–Crippen MR) is 210 cm³/mol. The van der Waals surface area contributed by atoms with Crippen LogP contribution in [0, 0.1) is 11.3 Å². The molecule has 3 aromatic heterocycles. The van der Waals surface area contributed by atoms with E-state index >= 15 is 0 Å². The molecule has 0 aliphatic heterocycles. The van der Waals surface area contributed by atoms with E-state index in [1.807, 2.05) is 91.0 Å². The van der Waals surface area contributed by atoms with Crippen LogP contribution in [0.25, 0.3) is 94.5 Å². The molecule has 0 aliphatic rings. The number of hydrogen-bond donors (Lipinski definition) is 0. The van der Waals surface area contributed by atoms with Crippen molar-refractivity contribution in [2.24, 2.45) is 0 Å². The van der Waals surface area contributed by atoms with E-state index in [1.165, 1.54) is 0 Å². The van der Waals surface area contributed by atoms with E-state index in [0.29, 0.717) is 11.4 Å². The lowest BCUT2D eigenvalue weighted by Crippen LogP contribution is -1.99. The second-order valence-corrected chi connectivity index (χ2v) is 12.9. The van der Waals surface area contributed by atoms with E-state index in [0.717, 1.165) is 88.6 Å². The first-order chi connectivity index (χ1) is 25.7. The quantitative estimate of drug-likeness (QED) is 0.184. The van der Waals surface area contributed by atoms with E-state index < -0.39 is 0 Å². The first-order valence-electron chi connectivity index (χ1n) is 17.2. The number of fused-ring (bicyclic) bond motifs is 6. The van der Waals surface area contributed by atoms with Crippen LogP contribution >= 0.6 is 0 Å². The summed E-state index contributed by atoms with van der Waals surface area (Å²) in [5.41, 5.74) is 11.7. The van der Waals surface area contributed by atoms with Gasteiger partial charge in [-0.05, 0) is 60.2 Å². The highest BCUT2D eigenvalue weighted by molar-refractivity contribution is 6.11. The lowest BCUT2D eigenvalue weighted by atomic mass is 9.97. The Morgan fingerprint density at radius 1 is 0.462 bits per heavy atom. The number of furan rings is 1. The highest BCUT2D eigenvalue weighted by atomic mass is 16.3. The molecule has 10 rings (SSSR count). The number of nitrogens with zero attached hydrogens (tertiary/aromatic N) is 4. The monoisotopic (exact) mass is 664 g/mol. The van der Waals surface area contributed by atoms with Gasteiger partial charge in [-0.25, -0.2) is 9.97 Å². The average molecular weight is 665 g/mol. The van der Waals surface area contributed by atoms with Crippen molar-refractivity contribution in [2.75, 3.05) is 0 Å². The molecule has 0 spiro atoms.